The molecule has 5 heteroatoms. The average molecular weight is 235 g/mol. The third-order valence-electron chi connectivity index (χ3n) is 3.58. The van der Waals surface area contributed by atoms with Gasteiger partial charge in [0.15, 0.2) is 0 Å². The summed E-state index contributed by atoms with van der Waals surface area (Å²) in [4.78, 5) is 12.9. The molecule has 1 heterocycles. The van der Waals surface area contributed by atoms with Crippen molar-refractivity contribution in [1.82, 2.24) is 4.90 Å². The van der Waals surface area contributed by atoms with E-state index in [1.165, 1.54) is 4.90 Å². The predicted molar refractivity (Wildman–Crippen MR) is 52.9 cm³/mol. The van der Waals surface area contributed by atoms with E-state index in [4.69, 9.17) is 0 Å². The fourth-order valence-corrected chi connectivity index (χ4v) is 2.30. The van der Waals surface area contributed by atoms with Crippen molar-refractivity contribution in [2.45, 2.75) is 32.4 Å². The van der Waals surface area contributed by atoms with Gasteiger partial charge in [0, 0.05) is 18.9 Å². The molecule has 1 aliphatic heterocycles. The maximum atomic E-state index is 13.5. The van der Waals surface area contributed by atoms with Crippen molar-refractivity contribution in [2.24, 2.45) is 17.8 Å². The van der Waals surface area contributed by atoms with Crippen LogP contribution in [0.3, 0.4) is 0 Å². The number of halogens is 3. The fraction of sp³-hybridized carbons (Fsp3) is 0.909. The second kappa shape index (κ2) is 3.64. The second-order valence-electron chi connectivity index (χ2n) is 5.18. The zero-order valence-corrected chi connectivity index (χ0v) is 9.42. The molecule has 0 spiro atoms. The van der Waals surface area contributed by atoms with Gasteiger partial charge in [-0.1, -0.05) is 13.8 Å². The zero-order valence-electron chi connectivity index (χ0n) is 9.42. The summed E-state index contributed by atoms with van der Waals surface area (Å²) >= 11 is 0. The molecule has 1 aliphatic carbocycles. The van der Waals surface area contributed by atoms with Crippen molar-refractivity contribution in [3.63, 3.8) is 0 Å². The quantitative estimate of drug-likeness (QED) is 0.717. The molecular formula is C11H16F3NO. The third kappa shape index (κ3) is 1.92. The molecule has 2 rings (SSSR count). The van der Waals surface area contributed by atoms with Crippen LogP contribution in [0, 0.1) is 17.8 Å². The summed E-state index contributed by atoms with van der Waals surface area (Å²) in [6, 6.07) is 0. The molecule has 1 saturated heterocycles. The van der Waals surface area contributed by atoms with Crippen molar-refractivity contribution in [2.75, 3.05) is 13.1 Å². The fourth-order valence-electron chi connectivity index (χ4n) is 2.30. The van der Waals surface area contributed by atoms with Gasteiger partial charge in [-0.3, -0.25) is 4.79 Å². The van der Waals surface area contributed by atoms with Gasteiger partial charge in [-0.15, -0.1) is 0 Å². The van der Waals surface area contributed by atoms with E-state index in [9.17, 15) is 18.0 Å². The van der Waals surface area contributed by atoms with Crippen molar-refractivity contribution in [3.05, 3.63) is 0 Å². The smallest absolute Gasteiger partial charge is 0.260 e. The van der Waals surface area contributed by atoms with Crippen molar-refractivity contribution >= 4 is 5.91 Å². The van der Waals surface area contributed by atoms with Crippen LogP contribution in [0.25, 0.3) is 0 Å². The topological polar surface area (TPSA) is 20.3 Å². The lowest BCUT2D eigenvalue weighted by molar-refractivity contribution is -0.134. The van der Waals surface area contributed by atoms with Gasteiger partial charge >= 0.3 is 0 Å². The summed E-state index contributed by atoms with van der Waals surface area (Å²) < 4.78 is 39.0. The summed E-state index contributed by atoms with van der Waals surface area (Å²) in [5.74, 6) is -4.69. The van der Waals surface area contributed by atoms with Crippen LogP contribution in [0.5, 0.6) is 0 Å². The van der Waals surface area contributed by atoms with Gasteiger partial charge in [0.1, 0.15) is 12.1 Å². The number of alkyl halides is 3. The molecule has 2 nitrogen and oxygen atoms in total. The number of nitrogens with zero attached hydrogens (tertiary/aromatic N) is 1. The van der Waals surface area contributed by atoms with Gasteiger partial charge in [0.05, 0.1) is 6.54 Å². The van der Waals surface area contributed by atoms with Crippen LogP contribution in [0.4, 0.5) is 13.2 Å². The lowest BCUT2D eigenvalue weighted by atomic mass is 9.94. The maximum Gasteiger partial charge on any atom is 0.260 e. The highest BCUT2D eigenvalue weighted by molar-refractivity contribution is 5.83. The Kier molecular flexibility index (Phi) is 2.67. The highest BCUT2D eigenvalue weighted by Crippen LogP contribution is 2.50. The Balaban J connectivity index is 1.96. The molecule has 1 saturated carbocycles. The summed E-state index contributed by atoms with van der Waals surface area (Å²) in [6.45, 7) is 4.03. The molecule has 3 atom stereocenters. The Morgan fingerprint density at radius 2 is 1.94 bits per heavy atom. The van der Waals surface area contributed by atoms with Crippen LogP contribution in [-0.2, 0) is 4.79 Å². The van der Waals surface area contributed by atoms with Crippen LogP contribution in [0.15, 0.2) is 0 Å². The number of carbonyl (C=O) groups excluding carboxylic acids is 1. The summed E-state index contributed by atoms with van der Waals surface area (Å²) in [7, 11) is 0. The van der Waals surface area contributed by atoms with E-state index in [-0.39, 0.29) is 31.3 Å². The van der Waals surface area contributed by atoms with E-state index in [1.807, 2.05) is 13.8 Å². The standard InChI is InChI=1S/C11H16F3NO/c1-6(2)7-4-15(5-9(7)12)10(16)8-3-11(8,13)14/h6-9H,3-5H2,1-2H3/t7?,8?,9-/m0/s1. The highest BCUT2D eigenvalue weighted by Gasteiger charge is 2.62. The Morgan fingerprint density at radius 1 is 1.38 bits per heavy atom. The molecule has 92 valence electrons. The minimum Gasteiger partial charge on any atom is -0.339 e. The lowest BCUT2D eigenvalue weighted by Gasteiger charge is -2.17. The first-order chi connectivity index (χ1) is 7.33. The van der Waals surface area contributed by atoms with Crippen LogP contribution >= 0.6 is 0 Å². The Bertz CT molecular complexity index is 306. The van der Waals surface area contributed by atoms with E-state index >= 15 is 0 Å². The molecule has 0 N–H and O–H groups in total. The molecule has 0 aromatic rings. The molecule has 0 aromatic heterocycles. The summed E-state index contributed by atoms with van der Waals surface area (Å²) in [6.07, 6.45) is -1.44. The van der Waals surface area contributed by atoms with Crippen molar-refractivity contribution in [1.29, 1.82) is 0 Å². The molecule has 0 radical (unpaired) electrons. The molecule has 2 unspecified atom stereocenters. The molecular weight excluding hydrogens is 219 g/mol. The molecule has 2 fully saturated rings. The van der Waals surface area contributed by atoms with Crippen LogP contribution in [0.1, 0.15) is 20.3 Å². The summed E-state index contributed by atoms with van der Waals surface area (Å²) in [5.41, 5.74) is 0. The molecule has 0 aromatic carbocycles. The van der Waals surface area contributed by atoms with Crippen molar-refractivity contribution < 1.29 is 18.0 Å². The van der Waals surface area contributed by atoms with Crippen LogP contribution in [0.2, 0.25) is 0 Å². The number of carbonyl (C=O) groups is 1. The first-order valence-corrected chi connectivity index (χ1v) is 5.63. The maximum absolute atomic E-state index is 13.5. The molecule has 1 amide bonds. The minimum absolute atomic E-state index is 0.0196. The second-order valence-corrected chi connectivity index (χ2v) is 5.18. The van der Waals surface area contributed by atoms with Crippen molar-refractivity contribution in [3.8, 4) is 0 Å². The van der Waals surface area contributed by atoms with E-state index in [0.29, 0.717) is 0 Å². The SMILES string of the molecule is CC(C)C1CN(C(=O)C2CC2(F)F)C[C@@H]1F. The van der Waals surface area contributed by atoms with Gasteiger partial charge in [-0.25, -0.2) is 13.2 Å². The van der Waals surface area contributed by atoms with Gasteiger partial charge < -0.3 is 4.90 Å². The average Bonchev–Trinajstić information content (AvgIpc) is 2.62. The predicted octanol–water partition coefficient (Wildman–Crippen LogP) is 2.09. The monoisotopic (exact) mass is 235 g/mol. The first kappa shape index (κ1) is 11.7. The highest BCUT2D eigenvalue weighted by atomic mass is 19.3. The third-order valence-corrected chi connectivity index (χ3v) is 3.58. The van der Waals surface area contributed by atoms with E-state index in [0.717, 1.165) is 0 Å². The lowest BCUT2D eigenvalue weighted by Crippen LogP contribution is -2.32. The van der Waals surface area contributed by atoms with E-state index < -0.39 is 23.9 Å². The minimum atomic E-state index is -2.85. The number of hydrogen-bond acceptors (Lipinski definition) is 1. The van der Waals surface area contributed by atoms with Gasteiger partial charge in [-0.05, 0) is 5.92 Å². The number of amides is 1. The first-order valence-electron chi connectivity index (χ1n) is 5.63. The Labute approximate surface area is 92.8 Å². The van der Waals surface area contributed by atoms with Gasteiger partial charge in [0.2, 0.25) is 5.91 Å². The number of likely N-dealkylation sites (tertiary alicyclic amines) is 1. The number of rotatable bonds is 2. The van der Waals surface area contributed by atoms with Crippen LogP contribution < -0.4 is 0 Å². The molecule has 2 aliphatic rings. The van der Waals surface area contributed by atoms with Gasteiger partial charge in [-0.2, -0.15) is 0 Å². The molecule has 16 heavy (non-hydrogen) atoms. The van der Waals surface area contributed by atoms with Gasteiger partial charge in [0.25, 0.3) is 5.92 Å². The largest absolute Gasteiger partial charge is 0.339 e. The Morgan fingerprint density at radius 3 is 2.31 bits per heavy atom. The van der Waals surface area contributed by atoms with E-state index in [2.05, 4.69) is 0 Å². The zero-order chi connectivity index (χ0) is 12.1. The van der Waals surface area contributed by atoms with Crippen LogP contribution in [-0.4, -0.2) is 36.0 Å². The summed E-state index contributed by atoms with van der Waals surface area (Å²) in [5, 5.41) is 0. The molecule has 0 bridgehead atoms. The Hall–Kier alpha value is -0.740. The van der Waals surface area contributed by atoms with E-state index in [1.54, 1.807) is 0 Å². The normalized spacial score (nSPS) is 36.9. The number of hydrogen-bond donors (Lipinski definition) is 0.